The number of hydrogen-bond donors (Lipinski definition) is 0. The minimum absolute atomic E-state index is 0.175. The molecule has 0 heterocycles. The number of carbonyl (C=O) groups excluding carboxylic acids is 4. The van der Waals surface area contributed by atoms with Gasteiger partial charge in [0.2, 0.25) is 0 Å². The van der Waals surface area contributed by atoms with Gasteiger partial charge < -0.3 is 18.9 Å². The van der Waals surface area contributed by atoms with Crippen LogP contribution in [-0.4, -0.2) is 38.1 Å². The van der Waals surface area contributed by atoms with E-state index in [4.69, 9.17) is 0 Å². The molecule has 0 aliphatic carbocycles. The van der Waals surface area contributed by atoms with E-state index in [2.05, 4.69) is 18.9 Å². The first-order valence-electron chi connectivity index (χ1n) is 6.01. The fraction of sp³-hybridized carbons (Fsp3) is 0.429. The molecule has 0 aromatic rings. The summed E-state index contributed by atoms with van der Waals surface area (Å²) in [6.07, 6.45) is 0.772. The molecule has 0 atom stereocenters. The monoisotopic (exact) mass is 316 g/mol. The Morgan fingerprint density at radius 3 is 1.09 bits per heavy atom. The van der Waals surface area contributed by atoms with Gasteiger partial charge in [-0.05, 0) is 27.7 Å². The van der Waals surface area contributed by atoms with Gasteiger partial charge in [-0.3, -0.25) is 9.59 Å². The Hall–Kier alpha value is -2.64. The Kier molecular flexibility index (Phi) is 11.9. The smallest absolute Gasteiger partial charge is 0.437 e. The van der Waals surface area contributed by atoms with Gasteiger partial charge in [0.15, 0.2) is 11.6 Å². The molecule has 0 fully saturated rings. The van der Waals surface area contributed by atoms with Crippen LogP contribution >= 0.6 is 0 Å². The van der Waals surface area contributed by atoms with Crippen molar-refractivity contribution in [1.29, 1.82) is 0 Å². The number of allylic oxidation sites excluding steroid dienone is 4. The second kappa shape index (κ2) is 12.1. The van der Waals surface area contributed by atoms with E-state index in [1.807, 2.05) is 0 Å². The SMILES string of the molecule is COC(=O)O/C(C)=C/C(C)=O.COC(=O)O/C(C)=C\C(C)=O. The van der Waals surface area contributed by atoms with E-state index in [-0.39, 0.29) is 23.1 Å². The Morgan fingerprint density at radius 1 is 0.636 bits per heavy atom. The van der Waals surface area contributed by atoms with Gasteiger partial charge in [0.05, 0.1) is 14.2 Å². The third-order valence-corrected chi connectivity index (χ3v) is 1.64. The molecule has 0 amide bonds. The fourth-order valence-electron chi connectivity index (χ4n) is 0.978. The van der Waals surface area contributed by atoms with Crippen LogP contribution in [0.3, 0.4) is 0 Å². The van der Waals surface area contributed by atoms with E-state index >= 15 is 0 Å². The first kappa shape index (κ1) is 21.7. The molecule has 124 valence electrons. The van der Waals surface area contributed by atoms with Gasteiger partial charge in [-0.15, -0.1) is 0 Å². The maximum absolute atomic E-state index is 10.4. The van der Waals surface area contributed by atoms with E-state index in [0.29, 0.717) is 0 Å². The molecular formula is C14H20O8. The van der Waals surface area contributed by atoms with Crippen LogP contribution in [0, 0.1) is 0 Å². The summed E-state index contributed by atoms with van der Waals surface area (Å²) < 4.78 is 17.4. The molecule has 0 saturated carbocycles. The first-order chi connectivity index (χ1) is 10.1. The molecule has 0 aromatic heterocycles. The van der Waals surface area contributed by atoms with Gasteiger partial charge in [-0.1, -0.05) is 0 Å². The highest BCUT2D eigenvalue weighted by Crippen LogP contribution is 1.98. The molecule has 0 aromatic carbocycles. The zero-order valence-electron chi connectivity index (χ0n) is 13.4. The van der Waals surface area contributed by atoms with Crippen molar-refractivity contribution in [2.45, 2.75) is 27.7 Å². The summed E-state index contributed by atoms with van der Waals surface area (Å²) in [4.78, 5) is 41.6. The van der Waals surface area contributed by atoms with Crippen molar-refractivity contribution in [3.63, 3.8) is 0 Å². The van der Waals surface area contributed by atoms with Gasteiger partial charge in [-0.25, -0.2) is 9.59 Å². The second-order valence-electron chi connectivity index (χ2n) is 3.84. The standard InChI is InChI=1S/2C7H10O4/c2*1-5(8)4-6(2)11-7(9)10-3/h2*4H,1-3H3/b6-4+;6-4-. The van der Waals surface area contributed by atoms with Crippen LogP contribution in [0.15, 0.2) is 23.7 Å². The maximum Gasteiger partial charge on any atom is 0.513 e. The van der Waals surface area contributed by atoms with Gasteiger partial charge in [0.25, 0.3) is 0 Å². The van der Waals surface area contributed by atoms with Crippen molar-refractivity contribution in [1.82, 2.24) is 0 Å². The normalized spacial score (nSPS) is 10.6. The molecule has 0 spiro atoms. The Bertz CT molecular complexity index is 429. The lowest BCUT2D eigenvalue weighted by atomic mass is 10.4. The predicted molar refractivity (Wildman–Crippen MR) is 75.9 cm³/mol. The minimum Gasteiger partial charge on any atom is -0.437 e. The van der Waals surface area contributed by atoms with E-state index < -0.39 is 12.3 Å². The lowest BCUT2D eigenvalue weighted by Crippen LogP contribution is -2.03. The quantitative estimate of drug-likeness (QED) is 0.442. The van der Waals surface area contributed by atoms with Crippen LogP contribution in [0.4, 0.5) is 9.59 Å². The summed E-state index contributed by atoms with van der Waals surface area (Å²) in [6, 6.07) is 0. The van der Waals surface area contributed by atoms with Gasteiger partial charge in [0.1, 0.15) is 11.5 Å². The van der Waals surface area contributed by atoms with Crippen molar-refractivity contribution < 1.29 is 38.1 Å². The van der Waals surface area contributed by atoms with E-state index in [1.54, 1.807) is 0 Å². The summed E-state index contributed by atoms with van der Waals surface area (Å²) >= 11 is 0. The van der Waals surface area contributed by atoms with Crippen LogP contribution < -0.4 is 0 Å². The number of carbonyl (C=O) groups is 4. The zero-order chi connectivity index (χ0) is 17.7. The zero-order valence-corrected chi connectivity index (χ0v) is 13.4. The van der Waals surface area contributed by atoms with Gasteiger partial charge in [-0.2, -0.15) is 0 Å². The molecule has 0 bridgehead atoms. The van der Waals surface area contributed by atoms with Crippen LogP contribution in [0.5, 0.6) is 0 Å². The molecule has 0 rings (SSSR count). The molecule has 8 nitrogen and oxygen atoms in total. The van der Waals surface area contributed by atoms with Gasteiger partial charge >= 0.3 is 12.3 Å². The van der Waals surface area contributed by atoms with Gasteiger partial charge in [0, 0.05) is 12.2 Å². The van der Waals surface area contributed by atoms with Crippen LogP contribution in [0.1, 0.15) is 27.7 Å². The van der Waals surface area contributed by atoms with Crippen molar-refractivity contribution in [3.8, 4) is 0 Å². The number of ether oxygens (including phenoxy) is 4. The highest BCUT2D eigenvalue weighted by atomic mass is 16.7. The van der Waals surface area contributed by atoms with Crippen molar-refractivity contribution >= 4 is 23.9 Å². The number of methoxy groups -OCH3 is 2. The molecule has 0 radical (unpaired) electrons. The maximum atomic E-state index is 10.4. The van der Waals surface area contributed by atoms with Crippen LogP contribution in [-0.2, 0) is 28.5 Å². The molecule has 0 saturated heterocycles. The topological polar surface area (TPSA) is 105 Å². The van der Waals surface area contributed by atoms with Crippen LogP contribution in [0.25, 0.3) is 0 Å². The molecule has 0 aliphatic heterocycles. The largest absolute Gasteiger partial charge is 0.513 e. The summed E-state index contributed by atoms with van der Waals surface area (Å²) in [5.41, 5.74) is 0. The molecule has 0 aliphatic rings. The summed E-state index contributed by atoms with van der Waals surface area (Å²) in [5.74, 6) is 0.103. The average Bonchev–Trinajstić information content (AvgIpc) is 2.36. The molecule has 8 heteroatoms. The number of rotatable bonds is 4. The fourth-order valence-corrected chi connectivity index (χ4v) is 0.978. The minimum atomic E-state index is -0.819. The highest BCUT2D eigenvalue weighted by molar-refractivity contribution is 5.88. The number of ketones is 2. The van der Waals surface area contributed by atoms with E-state index in [1.165, 1.54) is 54.1 Å². The summed E-state index contributed by atoms with van der Waals surface area (Å²) in [5, 5.41) is 0. The Balaban J connectivity index is 0. The van der Waals surface area contributed by atoms with Crippen LogP contribution in [0.2, 0.25) is 0 Å². The molecule has 0 unspecified atom stereocenters. The van der Waals surface area contributed by atoms with Crippen molar-refractivity contribution in [2.24, 2.45) is 0 Å². The first-order valence-corrected chi connectivity index (χ1v) is 6.01. The summed E-state index contributed by atoms with van der Waals surface area (Å²) in [7, 11) is 2.40. The van der Waals surface area contributed by atoms with Crippen molar-refractivity contribution in [3.05, 3.63) is 23.7 Å². The molecule has 22 heavy (non-hydrogen) atoms. The third-order valence-electron chi connectivity index (χ3n) is 1.64. The second-order valence-corrected chi connectivity index (χ2v) is 3.84. The lowest BCUT2D eigenvalue weighted by molar-refractivity contribution is -0.113. The Morgan fingerprint density at radius 2 is 0.909 bits per heavy atom. The predicted octanol–water partition coefficient (Wildman–Crippen LogP) is 2.52. The van der Waals surface area contributed by atoms with Crippen molar-refractivity contribution in [2.75, 3.05) is 14.2 Å². The highest BCUT2D eigenvalue weighted by Gasteiger charge is 2.02. The Labute approximate surface area is 128 Å². The lowest BCUT2D eigenvalue weighted by Gasteiger charge is -1.99. The van der Waals surface area contributed by atoms with E-state index in [9.17, 15) is 19.2 Å². The number of hydrogen-bond acceptors (Lipinski definition) is 8. The third kappa shape index (κ3) is 15.4. The molecular weight excluding hydrogens is 296 g/mol. The molecule has 0 N–H and O–H groups in total. The average molecular weight is 316 g/mol. The summed E-state index contributed by atoms with van der Waals surface area (Å²) in [6.45, 7) is 5.73. The van der Waals surface area contributed by atoms with E-state index in [0.717, 1.165) is 0 Å².